The quantitative estimate of drug-likeness (QED) is 0.795. The van der Waals surface area contributed by atoms with E-state index in [4.69, 9.17) is 5.73 Å². The number of rotatable bonds is 3. The fraction of sp³-hybridized carbons (Fsp3) is 0.417. The van der Waals surface area contributed by atoms with Crippen LogP contribution < -0.4 is 11.1 Å². The average molecular weight is 206 g/mol. The summed E-state index contributed by atoms with van der Waals surface area (Å²) in [6, 6.07) is 6.02. The lowest BCUT2D eigenvalue weighted by atomic mass is 9.98. The third-order valence-electron chi connectivity index (χ3n) is 2.38. The third-order valence-corrected chi connectivity index (χ3v) is 2.38. The van der Waals surface area contributed by atoms with Gasteiger partial charge in [-0.3, -0.25) is 4.79 Å². The summed E-state index contributed by atoms with van der Waals surface area (Å²) in [6.07, 6.45) is 0. The number of hydrogen-bond acceptors (Lipinski definition) is 2. The smallest absolute Gasteiger partial charge is 0.238 e. The molecule has 0 fully saturated rings. The van der Waals surface area contributed by atoms with Gasteiger partial charge in [-0.05, 0) is 24.0 Å². The Morgan fingerprint density at radius 3 is 2.67 bits per heavy atom. The van der Waals surface area contributed by atoms with Gasteiger partial charge in [0.1, 0.15) is 0 Å². The van der Waals surface area contributed by atoms with Gasteiger partial charge in [0.05, 0.1) is 6.54 Å². The number of amides is 1. The lowest BCUT2D eigenvalue weighted by Gasteiger charge is -2.15. The minimum Gasteiger partial charge on any atom is -0.324 e. The molecular formula is C12H18N2O. The SMILES string of the molecule is Cc1cccc(C(C)C)c1NC(=O)CN. The second-order valence-electron chi connectivity index (χ2n) is 3.95. The molecule has 0 aliphatic carbocycles. The van der Waals surface area contributed by atoms with Gasteiger partial charge in [0.15, 0.2) is 0 Å². The van der Waals surface area contributed by atoms with Crippen LogP contribution in [0.2, 0.25) is 0 Å². The predicted octanol–water partition coefficient (Wildman–Crippen LogP) is 2.02. The van der Waals surface area contributed by atoms with Gasteiger partial charge >= 0.3 is 0 Å². The highest BCUT2D eigenvalue weighted by Crippen LogP contribution is 2.27. The number of nitrogens with one attached hydrogen (secondary N) is 1. The first-order valence-corrected chi connectivity index (χ1v) is 5.15. The minimum absolute atomic E-state index is 0.0197. The molecule has 3 heteroatoms. The standard InChI is InChI=1S/C12H18N2O/c1-8(2)10-6-4-5-9(3)12(10)14-11(15)7-13/h4-6,8H,7,13H2,1-3H3,(H,14,15). The second-order valence-corrected chi connectivity index (χ2v) is 3.95. The number of carbonyl (C=O) groups is 1. The van der Waals surface area contributed by atoms with Crippen LogP contribution in [-0.2, 0) is 4.79 Å². The first-order valence-electron chi connectivity index (χ1n) is 5.15. The van der Waals surface area contributed by atoms with E-state index in [-0.39, 0.29) is 12.5 Å². The Morgan fingerprint density at radius 2 is 2.13 bits per heavy atom. The lowest BCUT2D eigenvalue weighted by molar-refractivity contribution is -0.114. The zero-order valence-electron chi connectivity index (χ0n) is 9.50. The van der Waals surface area contributed by atoms with Crippen molar-refractivity contribution in [2.45, 2.75) is 26.7 Å². The van der Waals surface area contributed by atoms with Crippen LogP contribution in [0.5, 0.6) is 0 Å². The van der Waals surface area contributed by atoms with Crippen molar-refractivity contribution in [2.75, 3.05) is 11.9 Å². The average Bonchev–Trinajstić information content (AvgIpc) is 2.20. The molecule has 3 nitrogen and oxygen atoms in total. The zero-order valence-corrected chi connectivity index (χ0v) is 9.50. The Morgan fingerprint density at radius 1 is 1.47 bits per heavy atom. The molecule has 15 heavy (non-hydrogen) atoms. The molecule has 0 aromatic heterocycles. The van der Waals surface area contributed by atoms with Crippen molar-refractivity contribution in [3.8, 4) is 0 Å². The first-order chi connectivity index (χ1) is 7.06. The predicted molar refractivity (Wildman–Crippen MR) is 63.0 cm³/mol. The molecule has 0 radical (unpaired) electrons. The van der Waals surface area contributed by atoms with Crippen LogP contribution in [0.25, 0.3) is 0 Å². The van der Waals surface area contributed by atoms with Crippen molar-refractivity contribution in [3.05, 3.63) is 29.3 Å². The van der Waals surface area contributed by atoms with Crippen LogP contribution in [0.4, 0.5) is 5.69 Å². The largest absolute Gasteiger partial charge is 0.324 e. The molecule has 1 aromatic rings. The molecule has 0 atom stereocenters. The lowest BCUT2D eigenvalue weighted by Crippen LogP contribution is -2.23. The molecule has 0 spiro atoms. The summed E-state index contributed by atoms with van der Waals surface area (Å²) >= 11 is 0. The highest BCUT2D eigenvalue weighted by atomic mass is 16.1. The van der Waals surface area contributed by atoms with E-state index in [9.17, 15) is 4.79 Å². The topological polar surface area (TPSA) is 55.1 Å². The van der Waals surface area contributed by atoms with Crippen LogP contribution in [-0.4, -0.2) is 12.5 Å². The number of hydrogen-bond donors (Lipinski definition) is 2. The molecular weight excluding hydrogens is 188 g/mol. The maximum absolute atomic E-state index is 11.3. The molecule has 0 unspecified atom stereocenters. The summed E-state index contributed by atoms with van der Waals surface area (Å²) in [4.78, 5) is 11.3. The number of anilines is 1. The van der Waals surface area contributed by atoms with Gasteiger partial charge in [-0.2, -0.15) is 0 Å². The molecule has 82 valence electrons. The third kappa shape index (κ3) is 2.80. The first kappa shape index (κ1) is 11.7. The Kier molecular flexibility index (Phi) is 3.86. The van der Waals surface area contributed by atoms with Crippen molar-refractivity contribution >= 4 is 11.6 Å². The number of nitrogens with two attached hydrogens (primary N) is 1. The molecule has 0 bridgehead atoms. The highest BCUT2D eigenvalue weighted by Gasteiger charge is 2.10. The second kappa shape index (κ2) is 4.94. The van der Waals surface area contributed by atoms with E-state index in [2.05, 4.69) is 19.2 Å². The maximum atomic E-state index is 11.3. The van der Waals surface area contributed by atoms with Gasteiger partial charge in [-0.15, -0.1) is 0 Å². The molecule has 0 saturated carbocycles. The maximum Gasteiger partial charge on any atom is 0.238 e. The number of aryl methyl sites for hydroxylation is 1. The summed E-state index contributed by atoms with van der Waals surface area (Å²) in [7, 11) is 0. The molecule has 0 heterocycles. The van der Waals surface area contributed by atoms with Gasteiger partial charge in [-0.1, -0.05) is 32.0 Å². The fourth-order valence-corrected chi connectivity index (χ4v) is 1.53. The summed E-state index contributed by atoms with van der Waals surface area (Å²) in [5.41, 5.74) is 8.41. The fourth-order valence-electron chi connectivity index (χ4n) is 1.53. The van der Waals surface area contributed by atoms with Gasteiger partial charge in [0.25, 0.3) is 0 Å². The number of carbonyl (C=O) groups excluding carboxylic acids is 1. The zero-order chi connectivity index (χ0) is 11.4. The molecule has 1 rings (SSSR count). The van der Waals surface area contributed by atoms with Crippen LogP contribution in [0.15, 0.2) is 18.2 Å². The Bertz CT molecular complexity index is 359. The van der Waals surface area contributed by atoms with Crippen molar-refractivity contribution in [1.29, 1.82) is 0 Å². The number of para-hydroxylation sites is 1. The van der Waals surface area contributed by atoms with E-state index < -0.39 is 0 Å². The van der Waals surface area contributed by atoms with E-state index in [1.54, 1.807) is 0 Å². The van der Waals surface area contributed by atoms with Crippen LogP contribution >= 0.6 is 0 Å². The molecule has 0 aliphatic rings. The van der Waals surface area contributed by atoms with Crippen molar-refractivity contribution in [2.24, 2.45) is 5.73 Å². The Balaban J connectivity index is 3.07. The van der Waals surface area contributed by atoms with E-state index in [1.807, 2.05) is 25.1 Å². The normalized spacial score (nSPS) is 10.5. The molecule has 3 N–H and O–H groups in total. The molecule has 1 aromatic carbocycles. The Labute approximate surface area is 90.7 Å². The van der Waals surface area contributed by atoms with E-state index in [1.165, 1.54) is 0 Å². The highest BCUT2D eigenvalue weighted by molar-refractivity contribution is 5.93. The summed E-state index contributed by atoms with van der Waals surface area (Å²) in [5, 5.41) is 2.85. The molecule has 1 amide bonds. The summed E-state index contributed by atoms with van der Waals surface area (Å²) in [5.74, 6) is 0.240. The number of benzene rings is 1. The van der Waals surface area contributed by atoms with Crippen LogP contribution in [0.3, 0.4) is 0 Å². The molecule has 0 aliphatic heterocycles. The van der Waals surface area contributed by atoms with E-state index in [0.29, 0.717) is 5.92 Å². The Hall–Kier alpha value is -1.35. The van der Waals surface area contributed by atoms with Crippen molar-refractivity contribution in [1.82, 2.24) is 0 Å². The monoisotopic (exact) mass is 206 g/mol. The minimum atomic E-state index is -0.147. The van der Waals surface area contributed by atoms with E-state index >= 15 is 0 Å². The summed E-state index contributed by atoms with van der Waals surface area (Å²) in [6.45, 7) is 6.21. The van der Waals surface area contributed by atoms with Gasteiger partial charge < -0.3 is 11.1 Å². The van der Waals surface area contributed by atoms with Crippen molar-refractivity contribution in [3.63, 3.8) is 0 Å². The van der Waals surface area contributed by atoms with Crippen LogP contribution in [0.1, 0.15) is 30.9 Å². The van der Waals surface area contributed by atoms with Gasteiger partial charge in [0, 0.05) is 5.69 Å². The summed E-state index contributed by atoms with van der Waals surface area (Å²) < 4.78 is 0. The van der Waals surface area contributed by atoms with Gasteiger partial charge in [-0.25, -0.2) is 0 Å². The van der Waals surface area contributed by atoms with Crippen LogP contribution in [0, 0.1) is 6.92 Å². The van der Waals surface area contributed by atoms with E-state index in [0.717, 1.165) is 16.8 Å². The van der Waals surface area contributed by atoms with Gasteiger partial charge in [0.2, 0.25) is 5.91 Å². The molecule has 0 saturated heterocycles. The van der Waals surface area contributed by atoms with Crippen molar-refractivity contribution < 1.29 is 4.79 Å².